The smallest absolute Gasteiger partial charge is 0.262 e. The van der Waals surface area contributed by atoms with Crippen molar-refractivity contribution in [2.24, 2.45) is 0 Å². The Kier molecular flexibility index (Phi) is 5.56. The van der Waals surface area contributed by atoms with Crippen molar-refractivity contribution >= 4 is 23.6 Å². The summed E-state index contributed by atoms with van der Waals surface area (Å²) in [5.41, 5.74) is 1.39. The molecule has 2 atom stereocenters. The molecule has 4 heterocycles. The van der Waals surface area contributed by atoms with Gasteiger partial charge in [0, 0.05) is 19.5 Å². The molecule has 9 heteroatoms. The molecule has 4 aliphatic heterocycles. The van der Waals surface area contributed by atoms with Crippen molar-refractivity contribution in [1.82, 2.24) is 20.9 Å². The normalized spacial score (nSPS) is 27.2. The summed E-state index contributed by atoms with van der Waals surface area (Å²) in [6.45, 7) is 3.10. The van der Waals surface area contributed by atoms with E-state index < -0.39 is 23.8 Å². The van der Waals surface area contributed by atoms with Gasteiger partial charge < -0.3 is 15.4 Å². The molecule has 1 spiro atoms. The van der Waals surface area contributed by atoms with Gasteiger partial charge in [-0.05, 0) is 56.8 Å². The molecule has 1 aromatic rings. The van der Waals surface area contributed by atoms with Crippen molar-refractivity contribution in [3.05, 3.63) is 34.9 Å². The molecule has 3 fully saturated rings. The van der Waals surface area contributed by atoms with Gasteiger partial charge in [-0.25, -0.2) is 0 Å². The van der Waals surface area contributed by atoms with Crippen molar-refractivity contribution < 1.29 is 23.9 Å². The van der Waals surface area contributed by atoms with Gasteiger partial charge in [0.25, 0.3) is 11.8 Å². The highest BCUT2D eigenvalue weighted by molar-refractivity contribution is 6.24. The maximum absolute atomic E-state index is 13.2. The fourth-order valence-corrected chi connectivity index (χ4v) is 5.39. The van der Waals surface area contributed by atoms with Gasteiger partial charge in [0.05, 0.1) is 22.8 Å². The maximum atomic E-state index is 13.2. The molecule has 0 aromatic heterocycles. The van der Waals surface area contributed by atoms with Crippen molar-refractivity contribution in [1.29, 1.82) is 0 Å². The lowest BCUT2D eigenvalue weighted by Gasteiger charge is -2.33. The fourth-order valence-electron chi connectivity index (χ4n) is 5.39. The van der Waals surface area contributed by atoms with E-state index in [1.165, 1.54) is 0 Å². The first-order valence-electron chi connectivity index (χ1n) is 11.4. The average molecular weight is 441 g/mol. The Bertz CT molecular complexity index is 971. The van der Waals surface area contributed by atoms with Crippen LogP contribution in [0.2, 0.25) is 0 Å². The molecule has 0 aliphatic carbocycles. The molecule has 9 nitrogen and oxygen atoms in total. The molecule has 4 amide bonds. The lowest BCUT2D eigenvalue weighted by molar-refractivity contribution is -0.136. The predicted octanol–water partition coefficient (Wildman–Crippen LogP) is 0.479. The zero-order chi connectivity index (χ0) is 22.3. The molecule has 170 valence electrons. The first-order chi connectivity index (χ1) is 15.5. The molecular weight excluding hydrogens is 412 g/mol. The second-order valence-corrected chi connectivity index (χ2v) is 9.13. The van der Waals surface area contributed by atoms with Gasteiger partial charge in [0.2, 0.25) is 11.8 Å². The lowest BCUT2D eigenvalue weighted by atomic mass is 9.89. The number of fused-ring (bicyclic) bond motifs is 1. The highest BCUT2D eigenvalue weighted by Crippen LogP contribution is 2.37. The van der Waals surface area contributed by atoms with E-state index in [4.69, 9.17) is 4.74 Å². The maximum Gasteiger partial charge on any atom is 0.262 e. The van der Waals surface area contributed by atoms with E-state index in [0.29, 0.717) is 24.2 Å². The van der Waals surface area contributed by atoms with E-state index in [-0.39, 0.29) is 30.5 Å². The van der Waals surface area contributed by atoms with Crippen molar-refractivity contribution in [2.45, 2.75) is 62.8 Å². The molecule has 5 rings (SSSR count). The number of carbonyl (C=O) groups is 4. The Morgan fingerprint density at radius 1 is 1.06 bits per heavy atom. The second-order valence-electron chi connectivity index (χ2n) is 9.13. The SMILES string of the molecule is O=C1CCC(N2C(=O)c3cccc(CNCC4CCC5(CCNCC5)O4)c3C2=O)C(=O)N1. The summed E-state index contributed by atoms with van der Waals surface area (Å²) in [5.74, 6) is -1.93. The van der Waals surface area contributed by atoms with Gasteiger partial charge in [-0.1, -0.05) is 12.1 Å². The average Bonchev–Trinajstić information content (AvgIpc) is 3.28. The van der Waals surface area contributed by atoms with E-state index >= 15 is 0 Å². The van der Waals surface area contributed by atoms with Gasteiger partial charge in [0.15, 0.2) is 0 Å². The fraction of sp³-hybridized carbons (Fsp3) is 0.565. The molecule has 3 saturated heterocycles. The number of rotatable bonds is 5. The first-order valence-corrected chi connectivity index (χ1v) is 11.4. The van der Waals surface area contributed by atoms with Crippen LogP contribution in [0.1, 0.15) is 64.8 Å². The van der Waals surface area contributed by atoms with Gasteiger partial charge in [0.1, 0.15) is 6.04 Å². The third-order valence-electron chi connectivity index (χ3n) is 7.10. The molecule has 3 N–H and O–H groups in total. The molecule has 0 bridgehead atoms. The van der Waals surface area contributed by atoms with Crippen molar-refractivity contribution in [3.63, 3.8) is 0 Å². The lowest BCUT2D eigenvalue weighted by Crippen LogP contribution is -2.54. The summed E-state index contributed by atoms with van der Waals surface area (Å²) in [6, 6.07) is 4.25. The third kappa shape index (κ3) is 3.74. The molecule has 32 heavy (non-hydrogen) atoms. The number of hydrogen-bond acceptors (Lipinski definition) is 7. The summed E-state index contributed by atoms with van der Waals surface area (Å²) >= 11 is 0. The minimum Gasteiger partial charge on any atom is -0.370 e. The van der Waals surface area contributed by atoms with Crippen LogP contribution >= 0.6 is 0 Å². The number of benzene rings is 1. The van der Waals surface area contributed by atoms with Crippen LogP contribution in [0, 0.1) is 0 Å². The number of amides is 4. The van der Waals surface area contributed by atoms with Gasteiger partial charge in [-0.3, -0.25) is 29.4 Å². The van der Waals surface area contributed by atoms with Crippen LogP contribution in [0.4, 0.5) is 0 Å². The van der Waals surface area contributed by atoms with Crippen LogP contribution in [-0.4, -0.2) is 65.9 Å². The topological polar surface area (TPSA) is 117 Å². The van der Waals surface area contributed by atoms with Gasteiger partial charge in [-0.2, -0.15) is 0 Å². The number of ether oxygens (including phenoxy) is 1. The molecule has 0 radical (unpaired) electrons. The van der Waals surface area contributed by atoms with Gasteiger partial charge in [-0.15, -0.1) is 0 Å². The summed E-state index contributed by atoms with van der Waals surface area (Å²) < 4.78 is 6.37. The van der Waals surface area contributed by atoms with E-state index in [1.807, 2.05) is 6.07 Å². The van der Waals surface area contributed by atoms with Crippen molar-refractivity contribution in [2.75, 3.05) is 19.6 Å². The molecule has 2 unspecified atom stereocenters. The predicted molar refractivity (Wildman–Crippen MR) is 114 cm³/mol. The summed E-state index contributed by atoms with van der Waals surface area (Å²) in [5, 5.41) is 9.00. The zero-order valence-corrected chi connectivity index (χ0v) is 17.9. The molecular formula is C23H28N4O5. The van der Waals surface area contributed by atoms with Crippen LogP contribution in [0.15, 0.2) is 18.2 Å². The number of carbonyl (C=O) groups excluding carboxylic acids is 4. The zero-order valence-electron chi connectivity index (χ0n) is 17.9. The van der Waals surface area contributed by atoms with E-state index in [9.17, 15) is 19.2 Å². The Morgan fingerprint density at radius 3 is 2.66 bits per heavy atom. The van der Waals surface area contributed by atoms with Gasteiger partial charge >= 0.3 is 0 Å². The largest absolute Gasteiger partial charge is 0.370 e. The number of piperidine rings is 2. The summed E-state index contributed by atoms with van der Waals surface area (Å²) in [6.07, 6.45) is 4.58. The first kappa shape index (κ1) is 21.2. The van der Waals surface area contributed by atoms with Crippen LogP contribution in [0.25, 0.3) is 0 Å². The number of nitrogens with one attached hydrogen (secondary N) is 3. The van der Waals surface area contributed by atoms with Crippen LogP contribution in [0.5, 0.6) is 0 Å². The number of imide groups is 2. The summed E-state index contributed by atoms with van der Waals surface area (Å²) in [7, 11) is 0. The Hall–Kier alpha value is -2.62. The minimum atomic E-state index is -0.950. The second kappa shape index (κ2) is 8.38. The number of hydrogen-bond donors (Lipinski definition) is 3. The van der Waals surface area contributed by atoms with Crippen molar-refractivity contribution in [3.8, 4) is 0 Å². The quantitative estimate of drug-likeness (QED) is 0.570. The van der Waals surface area contributed by atoms with E-state index in [0.717, 1.165) is 49.2 Å². The van der Waals surface area contributed by atoms with Crippen LogP contribution in [0.3, 0.4) is 0 Å². The number of nitrogens with zero attached hydrogens (tertiary/aromatic N) is 1. The van der Waals surface area contributed by atoms with Crippen LogP contribution in [-0.2, 0) is 20.9 Å². The summed E-state index contributed by atoms with van der Waals surface area (Å²) in [4.78, 5) is 50.8. The third-order valence-corrected chi connectivity index (χ3v) is 7.10. The Balaban J connectivity index is 1.24. The monoisotopic (exact) mass is 440 g/mol. The Labute approximate surface area is 186 Å². The van der Waals surface area contributed by atoms with E-state index in [1.54, 1.807) is 12.1 Å². The van der Waals surface area contributed by atoms with Crippen LogP contribution < -0.4 is 16.0 Å². The highest BCUT2D eigenvalue weighted by atomic mass is 16.5. The standard InChI is InChI=1S/C23H28N4O5/c28-18-5-4-17(20(29)26-18)27-21(30)16-3-1-2-14(19(16)22(27)31)12-25-13-15-6-7-23(32-15)8-10-24-11-9-23/h1-3,15,17,24-25H,4-13H2,(H,26,28,29). The molecule has 1 aromatic carbocycles. The Morgan fingerprint density at radius 2 is 1.88 bits per heavy atom. The van der Waals surface area contributed by atoms with E-state index in [2.05, 4.69) is 16.0 Å². The minimum absolute atomic E-state index is 0.0103. The molecule has 0 saturated carbocycles. The highest BCUT2D eigenvalue weighted by Gasteiger charge is 2.45. The molecule has 4 aliphatic rings.